The minimum Gasteiger partial charge on any atom is -0.496 e. The Bertz CT molecular complexity index is 407. The van der Waals surface area contributed by atoms with E-state index in [4.69, 9.17) is 4.74 Å². The third-order valence-corrected chi connectivity index (χ3v) is 3.34. The lowest BCUT2D eigenvalue weighted by Gasteiger charge is -2.41. The number of hydrogen-bond acceptors (Lipinski definition) is 3. The summed E-state index contributed by atoms with van der Waals surface area (Å²) in [6.45, 7) is -0.00606. The van der Waals surface area contributed by atoms with Gasteiger partial charge in [-0.15, -0.1) is 0 Å². The molecule has 17 heavy (non-hydrogen) atoms. The third-order valence-electron chi connectivity index (χ3n) is 3.34. The van der Waals surface area contributed by atoms with Crippen LogP contribution in [0.3, 0.4) is 0 Å². The maximum atomic E-state index is 12.1. The molecular weight excluding hydrogens is 218 g/mol. The fourth-order valence-electron chi connectivity index (χ4n) is 2.07. The maximum absolute atomic E-state index is 12.1. The van der Waals surface area contributed by atoms with Gasteiger partial charge in [-0.05, 0) is 31.4 Å². The number of ether oxygens (including phenoxy) is 1. The Labute approximate surface area is 101 Å². The second-order valence-electron chi connectivity index (χ2n) is 4.45. The van der Waals surface area contributed by atoms with Crippen molar-refractivity contribution in [1.29, 1.82) is 0 Å². The van der Waals surface area contributed by atoms with Crippen molar-refractivity contribution in [2.75, 3.05) is 13.7 Å². The van der Waals surface area contributed by atoms with Crippen LogP contribution in [-0.4, -0.2) is 30.3 Å². The average molecular weight is 235 g/mol. The second kappa shape index (κ2) is 4.75. The van der Waals surface area contributed by atoms with Crippen molar-refractivity contribution in [3.63, 3.8) is 0 Å². The highest BCUT2D eigenvalue weighted by molar-refractivity contribution is 5.97. The van der Waals surface area contributed by atoms with Gasteiger partial charge in [0, 0.05) is 0 Å². The van der Waals surface area contributed by atoms with Gasteiger partial charge in [-0.25, -0.2) is 0 Å². The van der Waals surface area contributed by atoms with Crippen molar-refractivity contribution in [2.24, 2.45) is 0 Å². The van der Waals surface area contributed by atoms with Crippen LogP contribution in [0.2, 0.25) is 0 Å². The molecular formula is C13H17NO3. The number of carbonyl (C=O) groups excluding carboxylic acids is 1. The van der Waals surface area contributed by atoms with E-state index in [0.717, 1.165) is 19.3 Å². The second-order valence-corrected chi connectivity index (χ2v) is 4.45. The van der Waals surface area contributed by atoms with Gasteiger partial charge in [-0.1, -0.05) is 12.1 Å². The summed E-state index contributed by atoms with van der Waals surface area (Å²) in [5, 5.41) is 12.2. The fraction of sp³-hybridized carbons (Fsp3) is 0.462. The minimum absolute atomic E-state index is 0.00606. The third kappa shape index (κ3) is 2.26. The number of hydrogen-bond donors (Lipinski definition) is 2. The molecule has 0 unspecified atom stereocenters. The fourth-order valence-corrected chi connectivity index (χ4v) is 2.07. The molecule has 0 radical (unpaired) electrons. The van der Waals surface area contributed by atoms with Crippen LogP contribution in [0.1, 0.15) is 29.6 Å². The topological polar surface area (TPSA) is 58.6 Å². The van der Waals surface area contributed by atoms with Gasteiger partial charge in [-0.2, -0.15) is 0 Å². The summed E-state index contributed by atoms with van der Waals surface area (Å²) in [5.41, 5.74) is 0.0903. The molecule has 0 saturated heterocycles. The van der Waals surface area contributed by atoms with Gasteiger partial charge in [-0.3, -0.25) is 4.79 Å². The van der Waals surface area contributed by atoms with E-state index in [1.54, 1.807) is 18.2 Å². The zero-order chi connectivity index (χ0) is 12.3. The highest BCUT2D eigenvalue weighted by Gasteiger charge is 2.38. The molecule has 1 aliphatic rings. The summed E-state index contributed by atoms with van der Waals surface area (Å²) in [4.78, 5) is 12.1. The van der Waals surface area contributed by atoms with Gasteiger partial charge in [0.05, 0.1) is 24.8 Å². The molecule has 0 heterocycles. The van der Waals surface area contributed by atoms with E-state index in [1.165, 1.54) is 7.11 Å². The van der Waals surface area contributed by atoms with E-state index in [2.05, 4.69) is 5.32 Å². The van der Waals surface area contributed by atoms with Crippen molar-refractivity contribution in [2.45, 2.75) is 24.8 Å². The van der Waals surface area contributed by atoms with E-state index in [0.29, 0.717) is 11.3 Å². The highest BCUT2D eigenvalue weighted by Crippen LogP contribution is 2.32. The number of methoxy groups -OCH3 is 1. The van der Waals surface area contributed by atoms with Crippen LogP contribution in [0.15, 0.2) is 24.3 Å². The molecule has 1 saturated carbocycles. The Morgan fingerprint density at radius 3 is 2.71 bits per heavy atom. The number of benzene rings is 1. The molecule has 4 heteroatoms. The van der Waals surface area contributed by atoms with Crippen LogP contribution in [-0.2, 0) is 0 Å². The Hall–Kier alpha value is -1.55. The smallest absolute Gasteiger partial charge is 0.255 e. The zero-order valence-corrected chi connectivity index (χ0v) is 9.90. The molecule has 0 atom stereocenters. The summed E-state index contributed by atoms with van der Waals surface area (Å²) in [6.07, 6.45) is 2.72. The van der Waals surface area contributed by atoms with Crippen LogP contribution in [0, 0.1) is 0 Å². The lowest BCUT2D eigenvalue weighted by atomic mass is 9.77. The van der Waals surface area contributed by atoms with Gasteiger partial charge in [0.1, 0.15) is 5.75 Å². The van der Waals surface area contributed by atoms with Crippen molar-refractivity contribution in [3.05, 3.63) is 29.8 Å². The van der Waals surface area contributed by atoms with Crippen LogP contribution in [0.25, 0.3) is 0 Å². The molecule has 1 aromatic carbocycles. The van der Waals surface area contributed by atoms with Crippen LogP contribution in [0.5, 0.6) is 5.75 Å². The van der Waals surface area contributed by atoms with E-state index >= 15 is 0 Å². The minimum atomic E-state index is -0.419. The van der Waals surface area contributed by atoms with Gasteiger partial charge < -0.3 is 15.2 Å². The Morgan fingerprint density at radius 2 is 2.18 bits per heavy atom. The lowest BCUT2D eigenvalue weighted by Crippen LogP contribution is -2.56. The molecule has 1 fully saturated rings. The van der Waals surface area contributed by atoms with Crippen molar-refractivity contribution < 1.29 is 14.6 Å². The van der Waals surface area contributed by atoms with Crippen molar-refractivity contribution in [3.8, 4) is 5.75 Å². The number of para-hydroxylation sites is 1. The number of aliphatic hydroxyl groups excluding tert-OH is 1. The molecule has 0 spiro atoms. The normalized spacial score (nSPS) is 17.1. The Morgan fingerprint density at radius 1 is 1.47 bits per heavy atom. The quantitative estimate of drug-likeness (QED) is 0.828. The summed E-state index contributed by atoms with van der Waals surface area (Å²) in [6, 6.07) is 7.09. The first-order chi connectivity index (χ1) is 8.21. The Balaban J connectivity index is 2.14. The molecule has 1 aromatic rings. The van der Waals surface area contributed by atoms with E-state index in [-0.39, 0.29) is 12.5 Å². The first kappa shape index (κ1) is 11.9. The van der Waals surface area contributed by atoms with Gasteiger partial charge >= 0.3 is 0 Å². The molecule has 1 amide bonds. The lowest BCUT2D eigenvalue weighted by molar-refractivity contribution is 0.0639. The molecule has 2 rings (SSSR count). The summed E-state index contributed by atoms with van der Waals surface area (Å²) in [7, 11) is 1.54. The maximum Gasteiger partial charge on any atom is 0.255 e. The largest absolute Gasteiger partial charge is 0.496 e. The van der Waals surface area contributed by atoms with E-state index in [1.807, 2.05) is 6.07 Å². The summed E-state index contributed by atoms with van der Waals surface area (Å²) < 4.78 is 5.14. The number of aliphatic hydroxyl groups is 1. The molecule has 92 valence electrons. The average Bonchev–Trinajstić information content (AvgIpc) is 2.33. The molecule has 0 aliphatic heterocycles. The molecule has 2 N–H and O–H groups in total. The van der Waals surface area contributed by atoms with Crippen molar-refractivity contribution in [1.82, 2.24) is 5.32 Å². The molecule has 1 aliphatic carbocycles. The monoisotopic (exact) mass is 235 g/mol. The predicted molar refractivity (Wildman–Crippen MR) is 64.1 cm³/mol. The number of rotatable bonds is 4. The number of carbonyl (C=O) groups is 1. The van der Waals surface area contributed by atoms with Gasteiger partial charge in [0.15, 0.2) is 0 Å². The van der Waals surface area contributed by atoms with Crippen LogP contribution < -0.4 is 10.1 Å². The SMILES string of the molecule is COc1ccccc1C(=O)NC1(CO)CCC1. The Kier molecular flexibility index (Phi) is 3.33. The summed E-state index contributed by atoms with van der Waals surface area (Å²) >= 11 is 0. The first-order valence-electron chi connectivity index (χ1n) is 5.77. The predicted octanol–water partition coefficient (Wildman–Crippen LogP) is 1.34. The number of nitrogens with one attached hydrogen (secondary N) is 1. The van der Waals surface area contributed by atoms with Crippen LogP contribution in [0.4, 0.5) is 0 Å². The van der Waals surface area contributed by atoms with Crippen LogP contribution >= 0.6 is 0 Å². The molecule has 0 aromatic heterocycles. The van der Waals surface area contributed by atoms with E-state index < -0.39 is 5.54 Å². The van der Waals surface area contributed by atoms with Gasteiger partial charge in [0.25, 0.3) is 5.91 Å². The molecule has 4 nitrogen and oxygen atoms in total. The number of amides is 1. The summed E-state index contributed by atoms with van der Waals surface area (Å²) in [5.74, 6) is 0.369. The molecule has 0 bridgehead atoms. The van der Waals surface area contributed by atoms with Crippen molar-refractivity contribution >= 4 is 5.91 Å². The van der Waals surface area contributed by atoms with E-state index in [9.17, 15) is 9.90 Å². The van der Waals surface area contributed by atoms with Gasteiger partial charge in [0.2, 0.25) is 0 Å². The standard InChI is InChI=1S/C13H17NO3/c1-17-11-6-3-2-5-10(11)12(16)14-13(9-15)7-4-8-13/h2-3,5-6,15H,4,7-9H2,1H3,(H,14,16). The zero-order valence-electron chi connectivity index (χ0n) is 9.90. The highest BCUT2D eigenvalue weighted by atomic mass is 16.5. The first-order valence-corrected chi connectivity index (χ1v) is 5.77.